The minimum absolute atomic E-state index is 0.0639. The van der Waals surface area contributed by atoms with Crippen LogP contribution in [0.15, 0.2) is 53.5 Å². The molecule has 3 N–H and O–H groups in total. The van der Waals surface area contributed by atoms with Gasteiger partial charge in [0.2, 0.25) is 0 Å². The molecule has 0 bridgehead atoms. The van der Waals surface area contributed by atoms with Crippen LogP contribution in [0.4, 0.5) is 4.39 Å². The molecule has 0 spiro atoms. The van der Waals surface area contributed by atoms with E-state index in [1.54, 1.807) is 24.3 Å². The number of rotatable bonds is 10. The minimum Gasteiger partial charge on any atom is -0.508 e. The zero-order valence-electron chi connectivity index (χ0n) is 17.4. The molecule has 0 aliphatic heterocycles. The summed E-state index contributed by atoms with van der Waals surface area (Å²) in [7, 11) is 1.92. The summed E-state index contributed by atoms with van der Waals surface area (Å²) in [6, 6.07) is 12.2. The molecule has 0 aliphatic rings. The summed E-state index contributed by atoms with van der Waals surface area (Å²) in [6.45, 7) is 4.80. The second-order valence-electron chi connectivity index (χ2n) is 6.62. The van der Waals surface area contributed by atoms with Gasteiger partial charge in [-0.2, -0.15) is 0 Å². The zero-order valence-corrected chi connectivity index (χ0v) is 17.4. The molecule has 7 nitrogen and oxygen atoms in total. The molecule has 0 saturated carbocycles. The molecule has 0 radical (unpaired) electrons. The largest absolute Gasteiger partial charge is 0.508 e. The predicted molar refractivity (Wildman–Crippen MR) is 116 cm³/mol. The van der Waals surface area contributed by atoms with Gasteiger partial charge in [-0.25, -0.2) is 4.39 Å². The first kappa shape index (κ1) is 23.0. The van der Waals surface area contributed by atoms with Crippen LogP contribution >= 0.6 is 0 Å². The fraction of sp³-hybridized carbons (Fsp3) is 0.364. The number of hydrogen-bond donors (Lipinski definition) is 3. The van der Waals surface area contributed by atoms with Crippen molar-refractivity contribution in [3.8, 4) is 11.5 Å². The maximum Gasteiger partial charge on any atom is 0.251 e. The highest BCUT2D eigenvalue weighted by Gasteiger charge is 2.07. The summed E-state index contributed by atoms with van der Waals surface area (Å²) in [5.74, 6) is 0.915. The first-order valence-corrected chi connectivity index (χ1v) is 9.94. The number of guanidine groups is 1. The van der Waals surface area contributed by atoms with Crippen LogP contribution in [0.3, 0.4) is 0 Å². The van der Waals surface area contributed by atoms with Gasteiger partial charge in [-0.05, 0) is 55.8 Å². The minimum atomic E-state index is -0.292. The number of amides is 1. The molecule has 2 aromatic rings. The highest BCUT2D eigenvalue weighted by atomic mass is 19.1. The average molecular weight is 416 g/mol. The quantitative estimate of drug-likeness (QED) is 0.315. The Morgan fingerprint density at radius 3 is 2.67 bits per heavy atom. The van der Waals surface area contributed by atoms with Crippen molar-refractivity contribution in [1.29, 1.82) is 0 Å². The van der Waals surface area contributed by atoms with Crippen LogP contribution in [0.2, 0.25) is 0 Å². The molecule has 2 rings (SSSR count). The molecule has 0 heterocycles. The number of carbonyl (C=O) groups is 1. The predicted octanol–water partition coefficient (Wildman–Crippen LogP) is 2.63. The highest BCUT2D eigenvalue weighted by molar-refractivity contribution is 5.94. The Hall–Kier alpha value is -3.29. The Morgan fingerprint density at radius 2 is 1.97 bits per heavy atom. The summed E-state index contributed by atoms with van der Waals surface area (Å²) >= 11 is 0. The van der Waals surface area contributed by atoms with E-state index < -0.39 is 0 Å². The molecule has 0 aromatic heterocycles. The summed E-state index contributed by atoms with van der Waals surface area (Å²) < 4.78 is 18.5. The van der Waals surface area contributed by atoms with E-state index in [0.29, 0.717) is 44.0 Å². The van der Waals surface area contributed by atoms with Gasteiger partial charge in [0.05, 0.1) is 6.54 Å². The van der Waals surface area contributed by atoms with E-state index in [4.69, 9.17) is 4.74 Å². The van der Waals surface area contributed by atoms with Crippen LogP contribution in [0.1, 0.15) is 23.7 Å². The fourth-order valence-corrected chi connectivity index (χ4v) is 2.62. The van der Waals surface area contributed by atoms with Crippen molar-refractivity contribution in [1.82, 2.24) is 15.5 Å². The van der Waals surface area contributed by atoms with Crippen LogP contribution in [0, 0.1) is 5.82 Å². The number of ether oxygens (including phenoxy) is 1. The van der Waals surface area contributed by atoms with E-state index in [1.165, 1.54) is 24.3 Å². The molecule has 2 aromatic carbocycles. The van der Waals surface area contributed by atoms with E-state index in [9.17, 15) is 14.3 Å². The lowest BCUT2D eigenvalue weighted by molar-refractivity contribution is 0.0953. The van der Waals surface area contributed by atoms with Gasteiger partial charge in [0.1, 0.15) is 23.9 Å². The number of carbonyl (C=O) groups excluding carboxylic acids is 1. The van der Waals surface area contributed by atoms with E-state index in [2.05, 4.69) is 15.6 Å². The molecular weight excluding hydrogens is 387 g/mol. The first-order chi connectivity index (χ1) is 14.5. The fourth-order valence-electron chi connectivity index (χ4n) is 2.62. The van der Waals surface area contributed by atoms with Crippen LogP contribution in [-0.4, -0.2) is 61.7 Å². The third-order valence-corrected chi connectivity index (χ3v) is 4.20. The topological polar surface area (TPSA) is 86.2 Å². The molecule has 0 atom stereocenters. The summed E-state index contributed by atoms with van der Waals surface area (Å²) in [5, 5.41) is 15.5. The van der Waals surface area contributed by atoms with Crippen molar-refractivity contribution in [2.24, 2.45) is 4.99 Å². The average Bonchev–Trinajstić information content (AvgIpc) is 2.74. The number of likely N-dealkylation sites (N-methyl/N-ethyl adjacent to an activating group) is 1. The second-order valence-corrected chi connectivity index (χ2v) is 6.62. The number of phenols is 1. The lowest BCUT2D eigenvalue weighted by Crippen LogP contribution is -2.41. The third-order valence-electron chi connectivity index (χ3n) is 4.20. The second kappa shape index (κ2) is 12.3. The molecule has 30 heavy (non-hydrogen) atoms. The summed E-state index contributed by atoms with van der Waals surface area (Å²) in [5.41, 5.74) is 0.424. The zero-order chi connectivity index (χ0) is 21.8. The van der Waals surface area contributed by atoms with E-state index in [1.807, 2.05) is 18.9 Å². The third kappa shape index (κ3) is 7.98. The summed E-state index contributed by atoms with van der Waals surface area (Å²) in [4.78, 5) is 18.6. The number of nitrogens with one attached hydrogen (secondary N) is 2. The maximum absolute atomic E-state index is 12.9. The monoisotopic (exact) mass is 416 g/mol. The Bertz CT molecular complexity index is 827. The molecule has 0 saturated heterocycles. The molecule has 8 heteroatoms. The van der Waals surface area contributed by atoms with Crippen molar-refractivity contribution < 1.29 is 19.0 Å². The van der Waals surface area contributed by atoms with Gasteiger partial charge < -0.3 is 25.4 Å². The number of hydrogen-bond acceptors (Lipinski definition) is 4. The first-order valence-electron chi connectivity index (χ1n) is 9.94. The van der Waals surface area contributed by atoms with Crippen molar-refractivity contribution in [2.75, 3.05) is 39.8 Å². The highest BCUT2D eigenvalue weighted by Crippen LogP contribution is 2.11. The van der Waals surface area contributed by atoms with Crippen LogP contribution in [-0.2, 0) is 0 Å². The van der Waals surface area contributed by atoms with Crippen molar-refractivity contribution >= 4 is 11.9 Å². The van der Waals surface area contributed by atoms with E-state index in [-0.39, 0.29) is 17.5 Å². The molecular formula is C22H29FN4O3. The van der Waals surface area contributed by atoms with Gasteiger partial charge in [-0.3, -0.25) is 9.79 Å². The number of benzene rings is 2. The van der Waals surface area contributed by atoms with Gasteiger partial charge in [0, 0.05) is 32.2 Å². The number of phenolic OH excluding ortho intramolecular Hbond substituents is 1. The van der Waals surface area contributed by atoms with Gasteiger partial charge in [-0.15, -0.1) is 0 Å². The van der Waals surface area contributed by atoms with Crippen LogP contribution in [0.25, 0.3) is 0 Å². The van der Waals surface area contributed by atoms with Gasteiger partial charge in [0.25, 0.3) is 5.91 Å². The molecule has 162 valence electrons. The molecule has 0 unspecified atom stereocenters. The van der Waals surface area contributed by atoms with Gasteiger partial charge in [0.15, 0.2) is 5.96 Å². The number of nitrogens with zero attached hydrogens (tertiary/aromatic N) is 2. The lowest BCUT2D eigenvalue weighted by Gasteiger charge is -2.22. The summed E-state index contributed by atoms with van der Waals surface area (Å²) in [6.07, 6.45) is 0.680. The normalized spacial score (nSPS) is 11.1. The SMILES string of the molecule is CCNC(=NCCCNC(=O)c1cccc(O)c1)N(C)CCOc1ccc(F)cc1. The number of aliphatic imine (C=N–C) groups is 1. The van der Waals surface area contributed by atoms with Crippen LogP contribution in [0.5, 0.6) is 11.5 Å². The van der Waals surface area contributed by atoms with Crippen molar-refractivity contribution in [3.63, 3.8) is 0 Å². The Morgan fingerprint density at radius 1 is 1.20 bits per heavy atom. The smallest absolute Gasteiger partial charge is 0.251 e. The molecule has 0 fully saturated rings. The van der Waals surface area contributed by atoms with E-state index >= 15 is 0 Å². The lowest BCUT2D eigenvalue weighted by atomic mass is 10.2. The van der Waals surface area contributed by atoms with Crippen molar-refractivity contribution in [3.05, 3.63) is 59.9 Å². The standard InChI is InChI=1S/C22H29FN4O3/c1-3-24-22(27(2)14-15-30-20-10-8-18(23)9-11-20)26-13-5-12-25-21(29)17-6-4-7-19(28)16-17/h4,6-11,16,28H,3,5,12-15H2,1-2H3,(H,24,26)(H,25,29). The molecule has 0 aliphatic carbocycles. The van der Waals surface area contributed by atoms with Crippen LogP contribution < -0.4 is 15.4 Å². The van der Waals surface area contributed by atoms with E-state index in [0.717, 1.165) is 12.5 Å². The van der Waals surface area contributed by atoms with Gasteiger partial charge in [-0.1, -0.05) is 6.07 Å². The number of aromatic hydroxyl groups is 1. The Labute approximate surface area is 176 Å². The number of halogens is 1. The Balaban J connectivity index is 1.73. The maximum atomic E-state index is 12.9. The van der Waals surface area contributed by atoms with Crippen molar-refractivity contribution in [2.45, 2.75) is 13.3 Å². The van der Waals surface area contributed by atoms with Gasteiger partial charge >= 0.3 is 0 Å². The molecule has 1 amide bonds. The Kier molecular flexibility index (Phi) is 9.44.